The van der Waals surface area contributed by atoms with E-state index in [2.05, 4.69) is 0 Å². The molecule has 0 saturated heterocycles. The maximum Gasteiger partial charge on any atom is 0.339 e. The quantitative estimate of drug-likeness (QED) is 0.711. The molecule has 1 atom stereocenters. The summed E-state index contributed by atoms with van der Waals surface area (Å²) in [6.45, 7) is 1.95. The minimum atomic E-state index is -0.205. The number of hydrogen-bond donors (Lipinski definition) is 0. The van der Waals surface area contributed by atoms with Crippen LogP contribution in [0, 0.1) is 6.92 Å². The molecule has 0 bridgehead atoms. The van der Waals surface area contributed by atoms with Crippen LogP contribution < -0.4 is 0 Å². The molecule has 1 aliphatic rings. The van der Waals surface area contributed by atoms with E-state index < -0.39 is 0 Å². The number of benzene rings is 2. The van der Waals surface area contributed by atoms with E-state index in [1.807, 2.05) is 55.5 Å². The minimum absolute atomic E-state index is 0.159. The van der Waals surface area contributed by atoms with E-state index in [1.165, 1.54) is 0 Å². The molecule has 1 heterocycles. The van der Waals surface area contributed by atoms with Crippen LogP contribution in [0.1, 0.15) is 33.2 Å². The van der Waals surface area contributed by atoms with Gasteiger partial charge in [0.1, 0.15) is 6.10 Å². The maximum absolute atomic E-state index is 12.1. The zero-order valence-corrected chi connectivity index (χ0v) is 10.2. The van der Waals surface area contributed by atoms with Crippen LogP contribution in [0.15, 0.2) is 48.5 Å². The fourth-order valence-electron chi connectivity index (χ4n) is 2.47. The Hall–Kier alpha value is -2.09. The number of esters is 1. The van der Waals surface area contributed by atoms with Crippen LogP contribution in [-0.4, -0.2) is 5.97 Å². The van der Waals surface area contributed by atoms with Gasteiger partial charge >= 0.3 is 5.97 Å². The summed E-state index contributed by atoms with van der Waals surface area (Å²) in [7, 11) is 0. The number of carbonyl (C=O) groups is 1. The van der Waals surface area contributed by atoms with E-state index >= 15 is 0 Å². The topological polar surface area (TPSA) is 26.3 Å². The number of fused-ring (bicyclic) bond motifs is 1. The Bertz CT molecular complexity index is 587. The van der Waals surface area contributed by atoms with E-state index in [9.17, 15) is 4.79 Å². The summed E-state index contributed by atoms with van der Waals surface area (Å²) in [5.74, 6) is -0.205. The first kappa shape index (κ1) is 11.0. The largest absolute Gasteiger partial charge is 0.454 e. The van der Waals surface area contributed by atoms with Gasteiger partial charge in [0.2, 0.25) is 0 Å². The Balaban J connectivity index is 2.00. The third kappa shape index (κ3) is 1.80. The summed E-state index contributed by atoms with van der Waals surface area (Å²) in [6, 6.07) is 15.9. The molecule has 2 heteroatoms. The van der Waals surface area contributed by atoms with Gasteiger partial charge in [0.05, 0.1) is 5.56 Å². The van der Waals surface area contributed by atoms with Crippen LogP contribution in [0.2, 0.25) is 0 Å². The summed E-state index contributed by atoms with van der Waals surface area (Å²) >= 11 is 0. The molecular weight excluding hydrogens is 224 g/mol. The summed E-state index contributed by atoms with van der Waals surface area (Å²) in [5.41, 5.74) is 3.87. The van der Waals surface area contributed by atoms with E-state index in [4.69, 9.17) is 4.74 Å². The molecule has 0 saturated carbocycles. The highest BCUT2D eigenvalue weighted by Gasteiger charge is 2.28. The van der Waals surface area contributed by atoms with Gasteiger partial charge in [0.25, 0.3) is 0 Å². The van der Waals surface area contributed by atoms with Crippen molar-refractivity contribution in [2.75, 3.05) is 0 Å². The Morgan fingerprint density at radius 3 is 2.61 bits per heavy atom. The summed E-state index contributed by atoms with van der Waals surface area (Å²) in [4.78, 5) is 12.1. The monoisotopic (exact) mass is 238 g/mol. The lowest BCUT2D eigenvalue weighted by Crippen LogP contribution is -2.22. The van der Waals surface area contributed by atoms with Gasteiger partial charge in [0, 0.05) is 6.42 Å². The zero-order chi connectivity index (χ0) is 12.5. The summed E-state index contributed by atoms with van der Waals surface area (Å²) in [5, 5.41) is 0. The normalized spacial score (nSPS) is 18.1. The van der Waals surface area contributed by atoms with Gasteiger partial charge in [-0.15, -0.1) is 0 Å². The van der Waals surface area contributed by atoms with Crippen molar-refractivity contribution in [3.05, 3.63) is 70.8 Å². The van der Waals surface area contributed by atoms with Crippen molar-refractivity contribution < 1.29 is 9.53 Å². The summed E-state index contributed by atoms with van der Waals surface area (Å²) < 4.78 is 5.54. The van der Waals surface area contributed by atoms with Gasteiger partial charge < -0.3 is 4.74 Å². The van der Waals surface area contributed by atoms with Gasteiger partial charge in [-0.3, -0.25) is 0 Å². The molecule has 2 aromatic carbocycles. The van der Waals surface area contributed by atoms with Crippen LogP contribution in [-0.2, 0) is 11.2 Å². The van der Waals surface area contributed by atoms with E-state index in [-0.39, 0.29) is 12.1 Å². The molecular formula is C16H14O2. The van der Waals surface area contributed by atoms with Crippen LogP contribution in [0.3, 0.4) is 0 Å². The van der Waals surface area contributed by atoms with E-state index in [1.54, 1.807) is 0 Å². The van der Waals surface area contributed by atoms with Gasteiger partial charge in [-0.25, -0.2) is 4.79 Å². The van der Waals surface area contributed by atoms with Crippen molar-refractivity contribution >= 4 is 5.97 Å². The lowest BCUT2D eigenvalue weighted by Gasteiger charge is -2.26. The minimum Gasteiger partial charge on any atom is -0.454 e. The number of hydrogen-bond acceptors (Lipinski definition) is 2. The van der Waals surface area contributed by atoms with Crippen LogP contribution in [0.4, 0.5) is 0 Å². The van der Waals surface area contributed by atoms with Crippen molar-refractivity contribution in [3.8, 4) is 0 Å². The van der Waals surface area contributed by atoms with Gasteiger partial charge in [0.15, 0.2) is 0 Å². The predicted molar refractivity (Wildman–Crippen MR) is 69.5 cm³/mol. The fourth-order valence-corrected chi connectivity index (χ4v) is 2.47. The highest BCUT2D eigenvalue weighted by Crippen LogP contribution is 2.31. The Morgan fingerprint density at radius 2 is 1.83 bits per heavy atom. The fraction of sp³-hybridized carbons (Fsp3) is 0.188. The lowest BCUT2D eigenvalue weighted by molar-refractivity contribution is 0.0251. The standard InChI is InChI=1S/C16H14O2/c1-11-6-5-9-13-10-14(18-16(17)15(11)13)12-7-3-2-4-8-12/h2-9,14H,10H2,1H3. The Morgan fingerprint density at radius 1 is 1.06 bits per heavy atom. The molecule has 0 amide bonds. The molecule has 0 N–H and O–H groups in total. The number of aryl methyl sites for hydroxylation is 1. The number of carbonyl (C=O) groups excluding carboxylic acids is 1. The first-order valence-electron chi connectivity index (χ1n) is 6.10. The number of ether oxygens (including phenoxy) is 1. The molecule has 3 rings (SSSR count). The van der Waals surface area contributed by atoms with Crippen molar-refractivity contribution in [1.29, 1.82) is 0 Å². The molecule has 2 nitrogen and oxygen atoms in total. The second-order valence-electron chi connectivity index (χ2n) is 4.62. The average molecular weight is 238 g/mol. The molecule has 0 spiro atoms. The van der Waals surface area contributed by atoms with Gasteiger partial charge in [-0.2, -0.15) is 0 Å². The van der Waals surface area contributed by atoms with Crippen molar-refractivity contribution in [2.24, 2.45) is 0 Å². The molecule has 18 heavy (non-hydrogen) atoms. The molecule has 2 aromatic rings. The summed E-state index contributed by atoms with van der Waals surface area (Å²) in [6.07, 6.45) is 0.597. The van der Waals surface area contributed by atoms with Crippen molar-refractivity contribution in [1.82, 2.24) is 0 Å². The van der Waals surface area contributed by atoms with E-state index in [0.29, 0.717) is 0 Å². The lowest BCUT2D eigenvalue weighted by atomic mass is 9.92. The Kier molecular flexibility index (Phi) is 2.63. The molecule has 0 aliphatic carbocycles. The van der Waals surface area contributed by atoms with Crippen LogP contribution in [0.5, 0.6) is 0 Å². The molecule has 0 radical (unpaired) electrons. The first-order valence-corrected chi connectivity index (χ1v) is 6.10. The van der Waals surface area contributed by atoms with Crippen molar-refractivity contribution in [3.63, 3.8) is 0 Å². The zero-order valence-electron chi connectivity index (χ0n) is 10.2. The molecule has 0 fully saturated rings. The maximum atomic E-state index is 12.1. The third-order valence-corrected chi connectivity index (χ3v) is 3.39. The molecule has 90 valence electrons. The van der Waals surface area contributed by atoms with Gasteiger partial charge in [-0.05, 0) is 23.6 Å². The first-order chi connectivity index (χ1) is 8.75. The number of rotatable bonds is 1. The second kappa shape index (κ2) is 4.30. The number of cyclic esters (lactones) is 1. The molecule has 1 aliphatic heterocycles. The molecule has 0 aromatic heterocycles. The van der Waals surface area contributed by atoms with Crippen LogP contribution >= 0.6 is 0 Å². The average Bonchev–Trinajstić information content (AvgIpc) is 2.39. The Labute approximate surface area is 106 Å². The van der Waals surface area contributed by atoms with Crippen molar-refractivity contribution in [2.45, 2.75) is 19.4 Å². The smallest absolute Gasteiger partial charge is 0.339 e. The predicted octanol–water partition coefficient (Wildman–Crippen LogP) is 3.45. The van der Waals surface area contributed by atoms with Gasteiger partial charge in [-0.1, -0.05) is 48.5 Å². The SMILES string of the molecule is Cc1cccc2c1C(=O)OC(c1ccccc1)C2. The third-order valence-electron chi connectivity index (χ3n) is 3.39. The van der Waals surface area contributed by atoms with E-state index in [0.717, 1.165) is 28.7 Å². The molecule has 1 unspecified atom stereocenters. The van der Waals surface area contributed by atoms with Crippen LogP contribution in [0.25, 0.3) is 0 Å². The second-order valence-corrected chi connectivity index (χ2v) is 4.62. The highest BCUT2D eigenvalue weighted by molar-refractivity contribution is 5.93. The highest BCUT2D eigenvalue weighted by atomic mass is 16.5.